The summed E-state index contributed by atoms with van der Waals surface area (Å²) in [5.74, 6) is -1.06. The van der Waals surface area contributed by atoms with Crippen LogP contribution in [0.15, 0.2) is 0 Å². The molecule has 0 amide bonds. The van der Waals surface area contributed by atoms with Crippen LogP contribution in [0.4, 0.5) is 0 Å². The number of hydrogen-bond acceptors (Lipinski definition) is 3. The van der Waals surface area contributed by atoms with Crippen molar-refractivity contribution in [2.75, 3.05) is 13.1 Å². The molecule has 0 radical (unpaired) electrons. The normalized spacial score (nSPS) is 25.1. The number of carboxylic acids is 1. The van der Waals surface area contributed by atoms with E-state index >= 15 is 0 Å². The molecule has 0 unspecified atom stereocenters. The lowest BCUT2D eigenvalue weighted by Gasteiger charge is -2.39. The van der Waals surface area contributed by atoms with Crippen molar-refractivity contribution < 1.29 is 18.3 Å². The summed E-state index contributed by atoms with van der Waals surface area (Å²) in [4.78, 5) is 11.2. The van der Waals surface area contributed by atoms with Crippen LogP contribution in [0.5, 0.6) is 0 Å². The van der Waals surface area contributed by atoms with E-state index in [1.807, 2.05) is 0 Å². The highest BCUT2D eigenvalue weighted by molar-refractivity contribution is 7.87. The van der Waals surface area contributed by atoms with Gasteiger partial charge in [-0.05, 0) is 32.1 Å². The van der Waals surface area contributed by atoms with Crippen molar-refractivity contribution >= 4 is 16.2 Å². The van der Waals surface area contributed by atoms with E-state index in [-0.39, 0.29) is 0 Å². The lowest BCUT2D eigenvalue weighted by molar-refractivity contribution is -0.147. The molecule has 2 aliphatic rings. The lowest BCUT2D eigenvalue weighted by Crippen LogP contribution is -2.61. The number of aliphatic carboxylic acids is 1. The first-order valence-corrected chi connectivity index (χ1v) is 7.93. The van der Waals surface area contributed by atoms with E-state index in [2.05, 4.69) is 4.72 Å². The van der Waals surface area contributed by atoms with Gasteiger partial charge in [0, 0.05) is 13.1 Å². The summed E-state index contributed by atoms with van der Waals surface area (Å²) in [5, 5.41) is 9.16. The molecule has 0 aromatic heterocycles. The van der Waals surface area contributed by atoms with Gasteiger partial charge in [-0.1, -0.05) is 12.8 Å². The Morgan fingerprint density at radius 3 is 2.00 bits per heavy atom. The fourth-order valence-corrected chi connectivity index (χ4v) is 4.14. The number of hydrogen-bond donors (Lipinski definition) is 2. The summed E-state index contributed by atoms with van der Waals surface area (Å²) in [6, 6.07) is 0. The van der Waals surface area contributed by atoms with Gasteiger partial charge in [0.1, 0.15) is 5.54 Å². The van der Waals surface area contributed by atoms with E-state index in [9.17, 15) is 13.2 Å². The minimum atomic E-state index is -3.67. The van der Waals surface area contributed by atoms with Gasteiger partial charge in [0.05, 0.1) is 0 Å². The molecule has 1 saturated heterocycles. The predicted molar refractivity (Wildman–Crippen MR) is 66.3 cm³/mol. The Bertz CT molecular complexity index is 409. The summed E-state index contributed by atoms with van der Waals surface area (Å²) in [7, 11) is -3.67. The third-order valence-electron chi connectivity index (χ3n) is 3.85. The molecule has 0 spiro atoms. The van der Waals surface area contributed by atoms with Crippen LogP contribution in [0, 0.1) is 0 Å². The molecule has 2 rings (SSSR count). The molecule has 2 N–H and O–H groups in total. The highest BCUT2D eigenvalue weighted by Crippen LogP contribution is 2.33. The molecule has 0 aromatic carbocycles. The van der Waals surface area contributed by atoms with E-state index < -0.39 is 21.7 Å². The van der Waals surface area contributed by atoms with Crippen LogP contribution in [0.3, 0.4) is 0 Å². The number of carboxylic acid groups (broad SMARTS) is 1. The maximum Gasteiger partial charge on any atom is 0.324 e. The number of nitrogens with zero attached hydrogens (tertiary/aromatic N) is 1. The van der Waals surface area contributed by atoms with E-state index in [4.69, 9.17) is 5.11 Å². The molecule has 2 fully saturated rings. The molecule has 6 nitrogen and oxygen atoms in total. The molecular formula is C11H20N2O4S. The first-order chi connectivity index (χ1) is 8.46. The zero-order chi connectivity index (χ0) is 13.2. The van der Waals surface area contributed by atoms with Gasteiger partial charge in [-0.2, -0.15) is 17.4 Å². The van der Waals surface area contributed by atoms with E-state index in [1.54, 1.807) is 0 Å². The quantitative estimate of drug-likeness (QED) is 0.791. The first-order valence-electron chi connectivity index (χ1n) is 6.49. The topological polar surface area (TPSA) is 86.7 Å². The van der Waals surface area contributed by atoms with Crippen LogP contribution in [-0.2, 0) is 15.0 Å². The van der Waals surface area contributed by atoms with Gasteiger partial charge in [0.15, 0.2) is 0 Å². The lowest BCUT2D eigenvalue weighted by atomic mass is 9.78. The monoisotopic (exact) mass is 276 g/mol. The van der Waals surface area contributed by atoms with Gasteiger partial charge in [-0.25, -0.2) is 0 Å². The summed E-state index contributed by atoms with van der Waals surface area (Å²) in [5.41, 5.74) is -1.26. The highest BCUT2D eigenvalue weighted by atomic mass is 32.2. The smallest absolute Gasteiger partial charge is 0.324 e. The maximum atomic E-state index is 12.2. The van der Waals surface area contributed by atoms with Gasteiger partial charge >= 0.3 is 5.97 Å². The van der Waals surface area contributed by atoms with Crippen LogP contribution >= 0.6 is 0 Å². The number of rotatable bonds is 4. The Labute approximate surface area is 108 Å². The Kier molecular flexibility index (Phi) is 3.93. The first kappa shape index (κ1) is 13.8. The third kappa shape index (κ3) is 2.67. The van der Waals surface area contributed by atoms with Gasteiger partial charge in [-0.3, -0.25) is 4.79 Å². The van der Waals surface area contributed by atoms with Crippen molar-refractivity contribution in [3.63, 3.8) is 0 Å². The molecule has 1 heterocycles. The Morgan fingerprint density at radius 1 is 1.06 bits per heavy atom. The van der Waals surface area contributed by atoms with Gasteiger partial charge in [0.25, 0.3) is 10.2 Å². The van der Waals surface area contributed by atoms with E-state index in [0.29, 0.717) is 25.9 Å². The molecule has 104 valence electrons. The second-order valence-electron chi connectivity index (χ2n) is 5.16. The Balaban J connectivity index is 2.08. The number of nitrogens with one attached hydrogen (secondary N) is 1. The second kappa shape index (κ2) is 5.14. The zero-order valence-corrected chi connectivity index (χ0v) is 11.2. The van der Waals surface area contributed by atoms with Crippen LogP contribution < -0.4 is 4.72 Å². The summed E-state index contributed by atoms with van der Waals surface area (Å²) < 4.78 is 28.2. The highest BCUT2D eigenvalue weighted by Gasteiger charge is 2.48. The second-order valence-corrected chi connectivity index (χ2v) is 6.83. The zero-order valence-electron chi connectivity index (χ0n) is 10.4. The molecule has 0 aromatic rings. The van der Waals surface area contributed by atoms with Crippen LogP contribution in [0.1, 0.15) is 44.9 Å². The predicted octanol–water partition coefficient (Wildman–Crippen LogP) is 0.704. The van der Waals surface area contributed by atoms with Crippen molar-refractivity contribution in [2.24, 2.45) is 0 Å². The molecule has 7 heteroatoms. The van der Waals surface area contributed by atoms with Gasteiger partial charge < -0.3 is 5.11 Å². The fourth-order valence-electron chi connectivity index (χ4n) is 2.48. The Hall–Kier alpha value is -0.660. The summed E-state index contributed by atoms with van der Waals surface area (Å²) >= 11 is 0. The summed E-state index contributed by atoms with van der Waals surface area (Å²) in [6.45, 7) is 0.982. The average molecular weight is 276 g/mol. The van der Waals surface area contributed by atoms with Crippen LogP contribution in [0.2, 0.25) is 0 Å². The van der Waals surface area contributed by atoms with Crippen molar-refractivity contribution in [2.45, 2.75) is 50.5 Å². The van der Waals surface area contributed by atoms with Crippen molar-refractivity contribution in [3.8, 4) is 0 Å². The van der Waals surface area contributed by atoms with Gasteiger partial charge in [0.2, 0.25) is 0 Å². The van der Waals surface area contributed by atoms with Crippen LogP contribution in [0.25, 0.3) is 0 Å². The molecule has 1 aliphatic heterocycles. The molecule has 0 bridgehead atoms. The third-order valence-corrected chi connectivity index (χ3v) is 5.54. The van der Waals surface area contributed by atoms with Crippen molar-refractivity contribution in [1.29, 1.82) is 0 Å². The van der Waals surface area contributed by atoms with Gasteiger partial charge in [-0.15, -0.1) is 0 Å². The van der Waals surface area contributed by atoms with E-state index in [1.165, 1.54) is 4.31 Å². The maximum absolute atomic E-state index is 12.2. The Morgan fingerprint density at radius 2 is 1.61 bits per heavy atom. The van der Waals surface area contributed by atoms with Crippen LogP contribution in [-0.4, -0.2) is 42.4 Å². The largest absolute Gasteiger partial charge is 0.480 e. The van der Waals surface area contributed by atoms with E-state index in [0.717, 1.165) is 32.1 Å². The number of carbonyl (C=O) groups is 1. The molecule has 18 heavy (non-hydrogen) atoms. The SMILES string of the molecule is O=C(O)C1(NS(=O)(=O)N2CCCCCC2)CCC1. The molecule has 1 saturated carbocycles. The van der Waals surface area contributed by atoms with Crippen molar-refractivity contribution in [3.05, 3.63) is 0 Å². The molecule has 0 atom stereocenters. The standard InChI is InChI=1S/C11H20N2O4S/c14-10(15)11(6-5-7-11)12-18(16,17)13-8-3-1-2-4-9-13/h12H,1-9H2,(H,14,15). The fraction of sp³-hybridized carbons (Fsp3) is 0.909. The van der Waals surface area contributed by atoms with Crippen molar-refractivity contribution in [1.82, 2.24) is 9.03 Å². The summed E-state index contributed by atoms with van der Waals surface area (Å²) in [6.07, 6.45) is 5.30. The molecular weight excluding hydrogens is 256 g/mol. The molecule has 1 aliphatic carbocycles. The minimum absolute atomic E-state index is 0.384. The minimum Gasteiger partial charge on any atom is -0.480 e. The average Bonchev–Trinajstić information content (AvgIpc) is 2.51.